The third-order valence-electron chi connectivity index (χ3n) is 1.45. The Kier molecular flexibility index (Phi) is 4.55. The molecule has 1 N–H and O–H groups in total. The summed E-state index contributed by atoms with van der Waals surface area (Å²) in [6.07, 6.45) is 3.55. The Morgan fingerprint density at radius 1 is 1.64 bits per heavy atom. The fourth-order valence-corrected chi connectivity index (χ4v) is 1.03. The van der Waals surface area contributed by atoms with Gasteiger partial charge in [-0.25, -0.2) is 0 Å². The van der Waals surface area contributed by atoms with Gasteiger partial charge in [-0.3, -0.25) is 10.4 Å². The van der Waals surface area contributed by atoms with Crippen molar-refractivity contribution in [3.05, 3.63) is 29.6 Å². The van der Waals surface area contributed by atoms with Gasteiger partial charge in [0.15, 0.2) is 4.32 Å². The third kappa shape index (κ3) is 3.85. The number of nitrogens with zero attached hydrogens (tertiary/aromatic N) is 2. The van der Waals surface area contributed by atoms with Crippen LogP contribution in [0.5, 0.6) is 0 Å². The minimum absolute atomic E-state index is 0.647. The zero-order valence-electron chi connectivity index (χ0n) is 8.02. The molecule has 0 bridgehead atoms. The second-order valence-electron chi connectivity index (χ2n) is 2.57. The second kappa shape index (κ2) is 5.72. The number of thiocarbonyl (C=S) groups is 1. The summed E-state index contributed by atoms with van der Waals surface area (Å²) in [6.45, 7) is 1.94. The molecule has 0 spiro atoms. The Balaban J connectivity index is 2.56. The zero-order valence-corrected chi connectivity index (χ0v) is 9.65. The van der Waals surface area contributed by atoms with E-state index < -0.39 is 0 Å². The zero-order chi connectivity index (χ0) is 10.4. The average molecular weight is 225 g/mol. The summed E-state index contributed by atoms with van der Waals surface area (Å²) in [5.41, 5.74) is 4.52. The van der Waals surface area contributed by atoms with Crippen LogP contribution in [0.4, 0.5) is 0 Å². The molecule has 1 heterocycles. The molecule has 0 aliphatic heterocycles. The van der Waals surface area contributed by atoms with Crippen LogP contribution in [-0.2, 0) is 0 Å². The Morgan fingerprint density at radius 2 is 2.43 bits per heavy atom. The number of nitrogens with one attached hydrogen (secondary N) is 1. The first kappa shape index (κ1) is 11.1. The maximum absolute atomic E-state index is 4.91. The van der Waals surface area contributed by atoms with E-state index in [1.165, 1.54) is 11.8 Å². The van der Waals surface area contributed by atoms with Crippen LogP contribution in [0.15, 0.2) is 23.3 Å². The lowest BCUT2D eigenvalue weighted by atomic mass is 10.3. The van der Waals surface area contributed by atoms with Crippen LogP contribution in [0.25, 0.3) is 0 Å². The normalized spacial score (nSPS) is 10.4. The number of aryl methyl sites for hydroxylation is 1. The van der Waals surface area contributed by atoms with Gasteiger partial charge in [0.2, 0.25) is 0 Å². The fourth-order valence-electron chi connectivity index (χ4n) is 0.833. The molecule has 0 aromatic carbocycles. The Labute approximate surface area is 93.0 Å². The number of hydrogen-bond acceptors (Lipinski definition) is 4. The highest BCUT2D eigenvalue weighted by molar-refractivity contribution is 8.22. The maximum atomic E-state index is 4.91. The van der Waals surface area contributed by atoms with Gasteiger partial charge in [-0.1, -0.05) is 30.0 Å². The number of pyridine rings is 1. The van der Waals surface area contributed by atoms with Crippen molar-refractivity contribution in [3.8, 4) is 0 Å². The van der Waals surface area contributed by atoms with Crippen molar-refractivity contribution in [1.29, 1.82) is 0 Å². The molecule has 5 heteroatoms. The van der Waals surface area contributed by atoms with Crippen LogP contribution in [-0.4, -0.2) is 21.8 Å². The van der Waals surface area contributed by atoms with Crippen molar-refractivity contribution < 1.29 is 0 Å². The van der Waals surface area contributed by atoms with Gasteiger partial charge in [0.1, 0.15) is 0 Å². The fraction of sp³-hybridized carbons (Fsp3) is 0.222. The molecule has 0 amide bonds. The quantitative estimate of drug-likeness (QED) is 0.474. The van der Waals surface area contributed by atoms with Crippen LogP contribution < -0.4 is 5.43 Å². The van der Waals surface area contributed by atoms with E-state index >= 15 is 0 Å². The summed E-state index contributed by atoms with van der Waals surface area (Å²) in [5.74, 6) is 0. The molecule has 0 aliphatic rings. The Bertz CT molecular complexity index is 350. The van der Waals surface area contributed by atoms with Gasteiger partial charge < -0.3 is 0 Å². The van der Waals surface area contributed by atoms with Crippen molar-refractivity contribution in [2.24, 2.45) is 5.10 Å². The lowest BCUT2D eigenvalue weighted by Crippen LogP contribution is -2.10. The average Bonchev–Trinajstić information content (AvgIpc) is 2.17. The van der Waals surface area contributed by atoms with Gasteiger partial charge in [0.05, 0.1) is 11.9 Å². The first-order chi connectivity index (χ1) is 6.72. The molecule has 14 heavy (non-hydrogen) atoms. The summed E-state index contributed by atoms with van der Waals surface area (Å²) >= 11 is 6.36. The highest BCUT2D eigenvalue weighted by Gasteiger charge is 1.90. The predicted octanol–water partition coefficient (Wildman–Crippen LogP) is 1.96. The van der Waals surface area contributed by atoms with Crippen LogP contribution >= 0.6 is 24.0 Å². The summed E-state index contributed by atoms with van der Waals surface area (Å²) in [5, 5.41) is 3.95. The highest BCUT2D eigenvalue weighted by atomic mass is 32.2. The molecule has 1 aromatic rings. The molecule has 0 saturated heterocycles. The van der Waals surface area contributed by atoms with Gasteiger partial charge in [-0.2, -0.15) is 5.10 Å². The first-order valence-corrected chi connectivity index (χ1v) is 5.66. The minimum Gasteiger partial charge on any atom is -0.262 e. The molecule has 0 fully saturated rings. The molecule has 0 atom stereocenters. The highest BCUT2D eigenvalue weighted by Crippen LogP contribution is 1.95. The van der Waals surface area contributed by atoms with Gasteiger partial charge in [-0.15, -0.1) is 0 Å². The number of rotatable bonds is 2. The van der Waals surface area contributed by atoms with Gasteiger partial charge >= 0.3 is 0 Å². The minimum atomic E-state index is 0.647. The first-order valence-electron chi connectivity index (χ1n) is 4.03. The van der Waals surface area contributed by atoms with Crippen molar-refractivity contribution in [1.82, 2.24) is 10.4 Å². The summed E-state index contributed by atoms with van der Waals surface area (Å²) in [6, 6.07) is 5.77. The van der Waals surface area contributed by atoms with Crippen molar-refractivity contribution >= 4 is 34.5 Å². The summed E-state index contributed by atoms with van der Waals surface area (Å²) in [7, 11) is 0. The van der Waals surface area contributed by atoms with Gasteiger partial charge in [0.25, 0.3) is 0 Å². The van der Waals surface area contributed by atoms with Crippen molar-refractivity contribution in [2.45, 2.75) is 6.92 Å². The van der Waals surface area contributed by atoms with E-state index in [4.69, 9.17) is 12.2 Å². The smallest absolute Gasteiger partial charge is 0.153 e. The summed E-state index contributed by atoms with van der Waals surface area (Å²) in [4.78, 5) is 4.26. The van der Waals surface area contributed by atoms with Crippen molar-refractivity contribution in [2.75, 3.05) is 6.26 Å². The number of aromatic nitrogens is 1. The van der Waals surface area contributed by atoms with E-state index in [0.717, 1.165) is 11.4 Å². The standard InChI is InChI=1S/C9H11N3S2/c1-7-4-3-5-8(11-7)6-10-12-9(13)14-2/h3-6H,1-2H3,(H,12,13)/b10-6+. The topological polar surface area (TPSA) is 37.3 Å². The van der Waals surface area contributed by atoms with Crippen LogP contribution in [0.3, 0.4) is 0 Å². The Morgan fingerprint density at radius 3 is 3.07 bits per heavy atom. The number of hydrogen-bond donors (Lipinski definition) is 1. The van der Waals surface area contributed by atoms with Gasteiger partial charge in [-0.05, 0) is 25.3 Å². The number of thioether (sulfide) groups is 1. The SMILES string of the molecule is CSC(=S)N/N=C/c1cccc(C)n1. The van der Waals surface area contributed by atoms with Crippen LogP contribution in [0.1, 0.15) is 11.4 Å². The molecular formula is C9H11N3S2. The molecule has 3 nitrogen and oxygen atoms in total. The molecule has 74 valence electrons. The molecule has 0 saturated carbocycles. The molecule has 0 unspecified atom stereocenters. The lowest BCUT2D eigenvalue weighted by Gasteiger charge is -1.97. The maximum Gasteiger partial charge on any atom is 0.153 e. The Hall–Kier alpha value is -0.940. The van der Waals surface area contributed by atoms with E-state index in [1.807, 2.05) is 31.4 Å². The number of hydrazone groups is 1. The van der Waals surface area contributed by atoms with E-state index in [-0.39, 0.29) is 0 Å². The van der Waals surface area contributed by atoms with Crippen LogP contribution in [0, 0.1) is 6.92 Å². The van der Waals surface area contributed by atoms with Crippen LogP contribution in [0.2, 0.25) is 0 Å². The molecule has 1 rings (SSSR count). The van der Waals surface area contributed by atoms with Gasteiger partial charge in [0, 0.05) is 5.69 Å². The van der Waals surface area contributed by atoms with E-state index in [1.54, 1.807) is 6.21 Å². The predicted molar refractivity (Wildman–Crippen MR) is 65.8 cm³/mol. The molecule has 0 radical (unpaired) electrons. The van der Waals surface area contributed by atoms with E-state index in [0.29, 0.717) is 4.32 Å². The second-order valence-corrected chi connectivity index (χ2v) is 4.05. The monoisotopic (exact) mass is 225 g/mol. The van der Waals surface area contributed by atoms with Crippen molar-refractivity contribution in [3.63, 3.8) is 0 Å². The molecule has 1 aromatic heterocycles. The lowest BCUT2D eigenvalue weighted by molar-refractivity contribution is 1.07. The van der Waals surface area contributed by atoms with E-state index in [9.17, 15) is 0 Å². The third-order valence-corrected chi connectivity index (χ3v) is 2.50. The van der Waals surface area contributed by atoms with E-state index in [2.05, 4.69) is 15.5 Å². The molecule has 0 aliphatic carbocycles. The molecular weight excluding hydrogens is 214 g/mol. The summed E-state index contributed by atoms with van der Waals surface area (Å²) < 4.78 is 0.647. The largest absolute Gasteiger partial charge is 0.262 e.